The average Bonchev–Trinajstić information content (AvgIpc) is 2.97. The molecule has 0 radical (unpaired) electrons. The van der Waals surface area contributed by atoms with Gasteiger partial charge in [-0.15, -0.1) is 0 Å². The van der Waals surface area contributed by atoms with Crippen molar-refractivity contribution in [3.63, 3.8) is 0 Å². The molecule has 20 heavy (non-hydrogen) atoms. The molecule has 108 valence electrons. The van der Waals surface area contributed by atoms with Crippen LogP contribution in [0.2, 0.25) is 5.15 Å². The highest BCUT2D eigenvalue weighted by atomic mass is 35.5. The normalized spacial score (nSPS) is 29.8. The zero-order valence-electron chi connectivity index (χ0n) is 10.4. The summed E-state index contributed by atoms with van der Waals surface area (Å²) in [6, 6.07) is 2.19. The van der Waals surface area contributed by atoms with Crippen LogP contribution in [0.1, 0.15) is 19.3 Å². The second kappa shape index (κ2) is 4.68. The van der Waals surface area contributed by atoms with Gasteiger partial charge in [-0.05, 0) is 31.4 Å². The van der Waals surface area contributed by atoms with Gasteiger partial charge in [-0.3, -0.25) is 4.79 Å². The molecule has 1 aromatic rings. The summed E-state index contributed by atoms with van der Waals surface area (Å²) in [5.74, 6) is -1.56. The number of halogens is 1. The summed E-state index contributed by atoms with van der Waals surface area (Å²) < 4.78 is 26.7. The first kappa shape index (κ1) is 13.8. The third-order valence-electron chi connectivity index (χ3n) is 4.07. The molecule has 6 nitrogen and oxygen atoms in total. The first-order chi connectivity index (χ1) is 9.43. The van der Waals surface area contributed by atoms with Gasteiger partial charge in [0.05, 0.1) is 5.92 Å². The molecule has 0 spiro atoms. The second-order valence-corrected chi connectivity index (χ2v) is 7.28. The molecule has 8 heteroatoms. The van der Waals surface area contributed by atoms with Gasteiger partial charge >= 0.3 is 5.97 Å². The number of hydrogen-bond donors (Lipinski definition) is 1. The maximum atomic E-state index is 12.7. The zero-order chi connectivity index (χ0) is 14.5. The Morgan fingerprint density at radius 1 is 1.45 bits per heavy atom. The summed E-state index contributed by atoms with van der Waals surface area (Å²) in [5, 5.41) is 9.11. The molecule has 2 aliphatic heterocycles. The van der Waals surface area contributed by atoms with E-state index in [1.165, 1.54) is 22.6 Å². The van der Waals surface area contributed by atoms with Crippen LogP contribution in [0.15, 0.2) is 23.2 Å². The smallest absolute Gasteiger partial charge is 0.308 e. The van der Waals surface area contributed by atoms with Crippen LogP contribution in [0.25, 0.3) is 0 Å². The molecule has 3 rings (SSSR count). The molecule has 2 bridgehead atoms. The largest absolute Gasteiger partial charge is 0.481 e. The first-order valence-corrected chi connectivity index (χ1v) is 8.11. The van der Waals surface area contributed by atoms with Crippen molar-refractivity contribution in [1.29, 1.82) is 0 Å². The predicted octanol–water partition coefficient (Wildman–Crippen LogP) is 1.36. The standard InChI is InChI=1S/C12H13ClN2O4S/c13-11-10(2-1-5-14-11)20(18,19)15-7-3-4-9(15)8(6-7)12(16)17/h1-2,5,7-9H,3-4,6H2,(H,16,17). The number of carboxylic acids is 1. The average molecular weight is 317 g/mol. The summed E-state index contributed by atoms with van der Waals surface area (Å²) in [4.78, 5) is 14.9. The molecule has 2 saturated heterocycles. The van der Waals surface area contributed by atoms with Gasteiger partial charge in [0.25, 0.3) is 0 Å². The topological polar surface area (TPSA) is 87.6 Å². The number of rotatable bonds is 3. The van der Waals surface area contributed by atoms with Crippen LogP contribution >= 0.6 is 11.6 Å². The van der Waals surface area contributed by atoms with Crippen LogP contribution in [0.4, 0.5) is 0 Å². The minimum absolute atomic E-state index is 0.0513. The van der Waals surface area contributed by atoms with Crippen molar-refractivity contribution >= 4 is 27.6 Å². The van der Waals surface area contributed by atoms with Crippen LogP contribution in [-0.4, -0.2) is 40.9 Å². The molecular formula is C12H13ClN2O4S. The Hall–Kier alpha value is -1.18. The van der Waals surface area contributed by atoms with E-state index in [-0.39, 0.29) is 16.1 Å². The Labute approximate surface area is 121 Å². The molecule has 3 heterocycles. The fourth-order valence-corrected chi connectivity index (χ4v) is 5.60. The lowest BCUT2D eigenvalue weighted by molar-refractivity contribution is -0.142. The number of fused-ring (bicyclic) bond motifs is 2. The SMILES string of the molecule is O=C(O)C1CC2CCC1N2S(=O)(=O)c1cccnc1Cl. The van der Waals surface area contributed by atoms with Crippen LogP contribution < -0.4 is 0 Å². The van der Waals surface area contributed by atoms with Crippen molar-refractivity contribution in [2.45, 2.75) is 36.2 Å². The summed E-state index contributed by atoms with van der Waals surface area (Å²) in [7, 11) is -3.80. The van der Waals surface area contributed by atoms with Gasteiger partial charge in [-0.1, -0.05) is 11.6 Å². The van der Waals surface area contributed by atoms with E-state index in [4.69, 9.17) is 11.6 Å². The van der Waals surface area contributed by atoms with Crippen molar-refractivity contribution < 1.29 is 18.3 Å². The lowest BCUT2D eigenvalue weighted by atomic mass is 9.89. The number of carboxylic acid groups (broad SMARTS) is 1. The molecule has 2 aliphatic rings. The number of nitrogens with zero attached hydrogens (tertiary/aromatic N) is 2. The van der Waals surface area contributed by atoms with Gasteiger partial charge in [-0.25, -0.2) is 13.4 Å². The highest BCUT2D eigenvalue weighted by Crippen LogP contribution is 2.45. The maximum absolute atomic E-state index is 12.7. The number of carbonyl (C=O) groups is 1. The first-order valence-electron chi connectivity index (χ1n) is 6.30. The quantitative estimate of drug-likeness (QED) is 0.851. The van der Waals surface area contributed by atoms with Gasteiger partial charge in [0.2, 0.25) is 10.0 Å². The van der Waals surface area contributed by atoms with E-state index in [0.29, 0.717) is 19.3 Å². The minimum Gasteiger partial charge on any atom is -0.481 e. The van der Waals surface area contributed by atoms with E-state index in [9.17, 15) is 18.3 Å². The van der Waals surface area contributed by atoms with Crippen molar-refractivity contribution in [1.82, 2.24) is 9.29 Å². The van der Waals surface area contributed by atoms with E-state index in [0.717, 1.165) is 0 Å². The van der Waals surface area contributed by atoms with E-state index in [1.807, 2.05) is 0 Å². The van der Waals surface area contributed by atoms with E-state index in [2.05, 4.69) is 4.98 Å². The van der Waals surface area contributed by atoms with Gasteiger partial charge in [0, 0.05) is 18.3 Å². The Bertz CT molecular complexity index is 663. The fourth-order valence-electron chi connectivity index (χ4n) is 3.26. The third kappa shape index (κ3) is 1.92. The molecule has 1 aromatic heterocycles. The molecule has 2 fully saturated rings. The number of hydrogen-bond acceptors (Lipinski definition) is 4. The Morgan fingerprint density at radius 3 is 2.80 bits per heavy atom. The monoisotopic (exact) mass is 316 g/mol. The molecule has 0 aromatic carbocycles. The third-order valence-corrected chi connectivity index (χ3v) is 6.49. The Balaban J connectivity index is 2.02. The van der Waals surface area contributed by atoms with Crippen molar-refractivity contribution in [3.05, 3.63) is 23.5 Å². The number of aliphatic carboxylic acids is 1. The van der Waals surface area contributed by atoms with Crippen molar-refractivity contribution in [2.75, 3.05) is 0 Å². The highest BCUT2D eigenvalue weighted by Gasteiger charge is 2.54. The van der Waals surface area contributed by atoms with Crippen LogP contribution in [0.3, 0.4) is 0 Å². The number of pyridine rings is 1. The predicted molar refractivity (Wildman–Crippen MR) is 70.8 cm³/mol. The molecule has 0 amide bonds. The van der Waals surface area contributed by atoms with Gasteiger partial charge in [0.15, 0.2) is 0 Å². The number of sulfonamides is 1. The Kier molecular flexibility index (Phi) is 3.23. The summed E-state index contributed by atoms with van der Waals surface area (Å²) in [6.45, 7) is 0. The lowest BCUT2D eigenvalue weighted by Gasteiger charge is -2.22. The van der Waals surface area contributed by atoms with Gasteiger partial charge < -0.3 is 5.11 Å². The van der Waals surface area contributed by atoms with Crippen molar-refractivity contribution in [3.8, 4) is 0 Å². The molecule has 3 unspecified atom stereocenters. The molecule has 0 saturated carbocycles. The summed E-state index contributed by atoms with van der Waals surface area (Å²) >= 11 is 5.87. The maximum Gasteiger partial charge on any atom is 0.308 e. The van der Waals surface area contributed by atoms with Gasteiger partial charge in [-0.2, -0.15) is 4.31 Å². The van der Waals surface area contributed by atoms with Crippen molar-refractivity contribution in [2.24, 2.45) is 5.92 Å². The molecule has 1 N–H and O–H groups in total. The van der Waals surface area contributed by atoms with E-state index >= 15 is 0 Å². The summed E-state index contributed by atoms with van der Waals surface area (Å²) in [6.07, 6.45) is 3.07. The Morgan fingerprint density at radius 2 is 2.20 bits per heavy atom. The zero-order valence-corrected chi connectivity index (χ0v) is 12.0. The van der Waals surface area contributed by atoms with E-state index < -0.39 is 28.0 Å². The van der Waals surface area contributed by atoms with Gasteiger partial charge in [0.1, 0.15) is 10.0 Å². The second-order valence-electron chi connectivity index (χ2n) is 5.11. The lowest BCUT2D eigenvalue weighted by Crippen LogP contribution is -2.38. The highest BCUT2D eigenvalue weighted by molar-refractivity contribution is 7.89. The number of aromatic nitrogens is 1. The molecule has 0 aliphatic carbocycles. The van der Waals surface area contributed by atoms with E-state index in [1.54, 1.807) is 0 Å². The van der Waals surface area contributed by atoms with Crippen LogP contribution in [0, 0.1) is 5.92 Å². The molecular weight excluding hydrogens is 304 g/mol. The molecule has 3 atom stereocenters. The summed E-state index contributed by atoms with van der Waals surface area (Å²) in [5.41, 5.74) is 0. The van der Waals surface area contributed by atoms with Crippen LogP contribution in [0.5, 0.6) is 0 Å². The minimum atomic E-state index is -3.80. The fraction of sp³-hybridized carbons (Fsp3) is 0.500. The van der Waals surface area contributed by atoms with Crippen LogP contribution in [-0.2, 0) is 14.8 Å².